The van der Waals surface area contributed by atoms with Crippen molar-refractivity contribution in [3.8, 4) is 0 Å². The van der Waals surface area contributed by atoms with E-state index in [9.17, 15) is 0 Å². The van der Waals surface area contributed by atoms with Gasteiger partial charge in [-0.15, -0.1) is 0 Å². The zero-order valence-electron chi connectivity index (χ0n) is 12.5. The lowest BCUT2D eigenvalue weighted by Crippen LogP contribution is -2.20. The molecule has 0 radical (unpaired) electrons. The third-order valence-electron chi connectivity index (χ3n) is 3.10. The van der Waals surface area contributed by atoms with Crippen molar-refractivity contribution in [3.63, 3.8) is 0 Å². The Kier molecular flexibility index (Phi) is 5.06. The molecule has 0 saturated heterocycles. The summed E-state index contributed by atoms with van der Waals surface area (Å²) in [5.41, 5.74) is 3.21. The van der Waals surface area contributed by atoms with E-state index < -0.39 is 0 Å². The maximum absolute atomic E-state index is 5.42. The van der Waals surface area contributed by atoms with E-state index in [4.69, 9.17) is 12.2 Å². The highest BCUT2D eigenvalue weighted by molar-refractivity contribution is 7.80. The second-order valence-corrected chi connectivity index (χ2v) is 5.31. The van der Waals surface area contributed by atoms with Gasteiger partial charge in [0.1, 0.15) is 4.99 Å². The summed E-state index contributed by atoms with van der Waals surface area (Å²) in [4.78, 5) is 2.77. The van der Waals surface area contributed by atoms with Gasteiger partial charge in [0.2, 0.25) is 0 Å². The van der Waals surface area contributed by atoms with E-state index in [0.717, 1.165) is 11.1 Å². The second-order valence-electron chi connectivity index (χ2n) is 4.93. The highest BCUT2D eigenvalue weighted by atomic mass is 32.1. The van der Waals surface area contributed by atoms with Crippen LogP contribution in [0, 0.1) is 0 Å². The number of benzene rings is 2. The summed E-state index contributed by atoms with van der Waals surface area (Å²) in [6, 6.07) is 18.1. The Hall–Kier alpha value is -2.20. The van der Waals surface area contributed by atoms with Gasteiger partial charge in [0.15, 0.2) is 0 Å². The minimum absolute atomic E-state index is 0.705. The molecule has 0 bridgehead atoms. The summed E-state index contributed by atoms with van der Waals surface area (Å²) < 4.78 is 0. The molecule has 0 aliphatic carbocycles. The van der Waals surface area contributed by atoms with E-state index in [1.54, 1.807) is 5.01 Å². The van der Waals surface area contributed by atoms with Crippen molar-refractivity contribution < 1.29 is 0 Å². The number of nitrogens with zero attached hydrogens (tertiary/aromatic N) is 3. The molecule has 21 heavy (non-hydrogen) atoms. The van der Waals surface area contributed by atoms with Crippen molar-refractivity contribution >= 4 is 29.1 Å². The first kappa shape index (κ1) is 15.2. The maximum Gasteiger partial charge on any atom is 0.129 e. The molecule has 0 aliphatic rings. The van der Waals surface area contributed by atoms with E-state index in [1.807, 2.05) is 69.8 Å². The Bertz CT molecular complexity index is 618. The van der Waals surface area contributed by atoms with Crippen LogP contribution < -0.4 is 4.90 Å². The number of rotatable bonds is 4. The SMILES string of the molecule is CN(/N=C\c1ccc(N(C)C)cc1)C(=S)c1ccccc1. The Morgan fingerprint density at radius 2 is 1.57 bits per heavy atom. The van der Waals surface area contributed by atoms with Crippen molar-refractivity contribution in [2.45, 2.75) is 0 Å². The van der Waals surface area contributed by atoms with Crippen molar-refractivity contribution in [2.75, 3.05) is 26.0 Å². The standard InChI is InChI=1S/C17H19N3S/c1-19(2)16-11-9-14(10-12-16)13-18-20(3)17(21)15-7-5-4-6-8-15/h4-13H,1-3H3/b18-13-. The fourth-order valence-corrected chi connectivity index (χ4v) is 2.02. The van der Waals surface area contributed by atoms with Gasteiger partial charge in [-0.3, -0.25) is 5.01 Å². The molecule has 3 nitrogen and oxygen atoms in total. The van der Waals surface area contributed by atoms with Crippen LogP contribution in [0.3, 0.4) is 0 Å². The minimum Gasteiger partial charge on any atom is -0.378 e. The molecule has 0 fully saturated rings. The van der Waals surface area contributed by atoms with E-state index in [0.29, 0.717) is 4.99 Å². The van der Waals surface area contributed by atoms with Crippen LogP contribution >= 0.6 is 12.2 Å². The van der Waals surface area contributed by atoms with Crippen molar-refractivity contribution in [2.24, 2.45) is 5.10 Å². The van der Waals surface area contributed by atoms with Crippen LogP contribution in [0.25, 0.3) is 0 Å². The first-order valence-electron chi connectivity index (χ1n) is 6.72. The Morgan fingerprint density at radius 1 is 0.952 bits per heavy atom. The molecule has 2 aromatic carbocycles. The first-order chi connectivity index (χ1) is 10.1. The average Bonchev–Trinajstić information content (AvgIpc) is 2.53. The fraction of sp³-hybridized carbons (Fsp3) is 0.176. The molecular formula is C17H19N3S. The van der Waals surface area contributed by atoms with Crippen LogP contribution in [-0.2, 0) is 0 Å². The third kappa shape index (κ3) is 4.13. The van der Waals surface area contributed by atoms with E-state index >= 15 is 0 Å². The van der Waals surface area contributed by atoms with Gasteiger partial charge in [-0.2, -0.15) is 5.10 Å². The van der Waals surface area contributed by atoms with Crippen LogP contribution in [0.1, 0.15) is 11.1 Å². The van der Waals surface area contributed by atoms with E-state index in [2.05, 4.69) is 22.1 Å². The normalized spacial score (nSPS) is 10.6. The molecule has 0 spiro atoms. The summed E-state index contributed by atoms with van der Waals surface area (Å²) in [6.07, 6.45) is 1.81. The lowest BCUT2D eigenvalue weighted by molar-refractivity contribution is 0.559. The topological polar surface area (TPSA) is 18.8 Å². The molecule has 0 amide bonds. The smallest absolute Gasteiger partial charge is 0.129 e. The number of hydrogen-bond acceptors (Lipinski definition) is 3. The van der Waals surface area contributed by atoms with E-state index in [-0.39, 0.29) is 0 Å². The maximum atomic E-state index is 5.42. The van der Waals surface area contributed by atoms with Crippen LogP contribution in [0.4, 0.5) is 5.69 Å². The zero-order valence-corrected chi connectivity index (χ0v) is 13.3. The molecular weight excluding hydrogens is 278 g/mol. The molecule has 0 aliphatic heterocycles. The summed E-state index contributed by atoms with van der Waals surface area (Å²) in [7, 11) is 5.91. The molecule has 2 aromatic rings. The van der Waals surface area contributed by atoms with Gasteiger partial charge in [0.25, 0.3) is 0 Å². The molecule has 0 N–H and O–H groups in total. The molecule has 4 heteroatoms. The molecule has 0 saturated carbocycles. The average molecular weight is 297 g/mol. The van der Waals surface area contributed by atoms with Gasteiger partial charge in [0.05, 0.1) is 6.21 Å². The van der Waals surface area contributed by atoms with Crippen molar-refractivity contribution in [1.29, 1.82) is 0 Å². The van der Waals surface area contributed by atoms with Gasteiger partial charge in [0, 0.05) is 32.4 Å². The molecule has 0 atom stereocenters. The van der Waals surface area contributed by atoms with Gasteiger partial charge in [-0.25, -0.2) is 0 Å². The largest absolute Gasteiger partial charge is 0.378 e. The van der Waals surface area contributed by atoms with Crippen LogP contribution in [0.15, 0.2) is 59.7 Å². The second kappa shape index (κ2) is 6.99. The van der Waals surface area contributed by atoms with Crippen molar-refractivity contribution in [3.05, 3.63) is 65.7 Å². The molecule has 2 rings (SSSR count). The van der Waals surface area contributed by atoms with Gasteiger partial charge < -0.3 is 4.90 Å². The highest BCUT2D eigenvalue weighted by Gasteiger charge is 2.04. The number of hydrogen-bond donors (Lipinski definition) is 0. The first-order valence-corrected chi connectivity index (χ1v) is 7.13. The zero-order chi connectivity index (χ0) is 15.2. The molecule has 0 aromatic heterocycles. The van der Waals surface area contributed by atoms with Crippen LogP contribution in [0.5, 0.6) is 0 Å². The molecule has 108 valence electrons. The Morgan fingerprint density at radius 3 is 2.14 bits per heavy atom. The van der Waals surface area contributed by atoms with Crippen LogP contribution in [-0.4, -0.2) is 37.4 Å². The van der Waals surface area contributed by atoms with Crippen molar-refractivity contribution in [1.82, 2.24) is 5.01 Å². The monoisotopic (exact) mass is 297 g/mol. The van der Waals surface area contributed by atoms with Crippen LogP contribution in [0.2, 0.25) is 0 Å². The van der Waals surface area contributed by atoms with Gasteiger partial charge in [-0.1, -0.05) is 54.7 Å². The number of thiocarbonyl (C=S) groups is 1. The van der Waals surface area contributed by atoms with Gasteiger partial charge in [-0.05, 0) is 17.7 Å². The summed E-state index contributed by atoms with van der Waals surface area (Å²) >= 11 is 5.42. The van der Waals surface area contributed by atoms with E-state index in [1.165, 1.54) is 5.69 Å². The Labute approximate surface area is 131 Å². The molecule has 0 unspecified atom stereocenters. The lowest BCUT2D eigenvalue weighted by Gasteiger charge is -2.14. The summed E-state index contributed by atoms with van der Waals surface area (Å²) in [5.74, 6) is 0. The number of anilines is 1. The predicted octanol–water partition coefficient (Wildman–Crippen LogP) is 3.39. The summed E-state index contributed by atoms with van der Waals surface area (Å²) in [5, 5.41) is 6.11. The lowest BCUT2D eigenvalue weighted by atomic mass is 10.2. The quantitative estimate of drug-likeness (QED) is 0.490. The van der Waals surface area contributed by atoms with Gasteiger partial charge >= 0.3 is 0 Å². The highest BCUT2D eigenvalue weighted by Crippen LogP contribution is 2.11. The summed E-state index contributed by atoms with van der Waals surface area (Å²) in [6.45, 7) is 0. The molecule has 0 heterocycles. The minimum atomic E-state index is 0.705. The third-order valence-corrected chi connectivity index (χ3v) is 3.60. The fourth-order valence-electron chi connectivity index (χ4n) is 1.83. The predicted molar refractivity (Wildman–Crippen MR) is 94.3 cm³/mol. The number of hydrazone groups is 1. The Balaban J connectivity index is 2.05.